The van der Waals surface area contributed by atoms with Gasteiger partial charge in [0.1, 0.15) is 0 Å². The third-order valence-electron chi connectivity index (χ3n) is 3.24. The van der Waals surface area contributed by atoms with Crippen molar-refractivity contribution in [3.63, 3.8) is 0 Å². The fourth-order valence-electron chi connectivity index (χ4n) is 1.88. The maximum atomic E-state index is 10.5. The highest BCUT2D eigenvalue weighted by molar-refractivity contribution is 5.81. The Labute approximate surface area is 148 Å². The standard InChI is InChI=1S/C10H10N2O.C9H16O3/c1-7-3-5-9(6-4-7)10-11-8(2)13-12-10;1-3-9(10)12-8-6-4-5-7-11-2/h3-6H,1-2H3;3H,1,4-8H2,2H3. The lowest BCUT2D eigenvalue weighted by molar-refractivity contribution is -0.137. The molecule has 0 saturated heterocycles. The van der Waals surface area contributed by atoms with Gasteiger partial charge in [-0.15, -0.1) is 0 Å². The molecule has 0 aliphatic heterocycles. The van der Waals surface area contributed by atoms with Crippen molar-refractivity contribution in [1.29, 1.82) is 0 Å². The lowest BCUT2D eigenvalue weighted by Crippen LogP contribution is -2.02. The minimum absolute atomic E-state index is 0.346. The van der Waals surface area contributed by atoms with Gasteiger partial charge in [0, 0.05) is 32.3 Å². The monoisotopic (exact) mass is 346 g/mol. The SMILES string of the molecule is C=CC(=O)OCCCCCOC.Cc1ccc(-c2noc(C)n2)cc1. The van der Waals surface area contributed by atoms with E-state index < -0.39 is 0 Å². The summed E-state index contributed by atoms with van der Waals surface area (Å²) in [5.41, 5.74) is 2.21. The van der Waals surface area contributed by atoms with Crippen LogP contribution in [0.1, 0.15) is 30.7 Å². The molecule has 1 aromatic heterocycles. The van der Waals surface area contributed by atoms with E-state index >= 15 is 0 Å². The second-order valence-corrected chi connectivity index (χ2v) is 5.43. The van der Waals surface area contributed by atoms with E-state index in [2.05, 4.69) is 16.7 Å². The van der Waals surface area contributed by atoms with Crippen LogP contribution in [0.25, 0.3) is 11.4 Å². The topological polar surface area (TPSA) is 74.5 Å². The van der Waals surface area contributed by atoms with E-state index in [-0.39, 0.29) is 5.97 Å². The molecular weight excluding hydrogens is 320 g/mol. The maximum Gasteiger partial charge on any atom is 0.330 e. The Morgan fingerprint density at radius 2 is 1.84 bits per heavy atom. The normalized spacial score (nSPS) is 9.88. The smallest absolute Gasteiger partial charge is 0.330 e. The van der Waals surface area contributed by atoms with Crippen LogP contribution in [0.2, 0.25) is 0 Å². The highest BCUT2D eigenvalue weighted by Gasteiger charge is 2.03. The van der Waals surface area contributed by atoms with Crippen molar-refractivity contribution >= 4 is 5.97 Å². The summed E-state index contributed by atoms with van der Waals surface area (Å²) in [6.45, 7) is 8.38. The predicted molar refractivity (Wildman–Crippen MR) is 96.1 cm³/mol. The molecule has 1 heterocycles. The molecule has 6 nitrogen and oxygen atoms in total. The molecule has 6 heteroatoms. The lowest BCUT2D eigenvalue weighted by atomic mass is 10.1. The molecule has 0 amide bonds. The van der Waals surface area contributed by atoms with E-state index in [0.717, 1.165) is 31.4 Å². The minimum Gasteiger partial charge on any atom is -0.463 e. The van der Waals surface area contributed by atoms with Gasteiger partial charge in [0.25, 0.3) is 0 Å². The number of esters is 1. The molecule has 25 heavy (non-hydrogen) atoms. The van der Waals surface area contributed by atoms with Crippen LogP contribution in [0.4, 0.5) is 0 Å². The van der Waals surface area contributed by atoms with E-state index in [1.807, 2.05) is 31.2 Å². The number of methoxy groups -OCH3 is 1. The number of carbonyl (C=O) groups excluding carboxylic acids is 1. The van der Waals surface area contributed by atoms with Gasteiger partial charge in [-0.1, -0.05) is 41.6 Å². The van der Waals surface area contributed by atoms with Crippen LogP contribution in [0.3, 0.4) is 0 Å². The average molecular weight is 346 g/mol. The number of aryl methyl sites for hydroxylation is 2. The largest absolute Gasteiger partial charge is 0.463 e. The third-order valence-corrected chi connectivity index (χ3v) is 3.24. The molecule has 2 aromatic rings. The summed E-state index contributed by atoms with van der Waals surface area (Å²) >= 11 is 0. The molecule has 0 atom stereocenters. The van der Waals surface area contributed by atoms with Crippen LogP contribution in [0.5, 0.6) is 0 Å². The van der Waals surface area contributed by atoms with Crippen molar-refractivity contribution in [2.45, 2.75) is 33.1 Å². The average Bonchev–Trinajstić information content (AvgIpc) is 3.05. The first-order valence-electron chi connectivity index (χ1n) is 8.22. The van der Waals surface area contributed by atoms with E-state index in [0.29, 0.717) is 18.3 Å². The first-order chi connectivity index (χ1) is 12.1. The number of aromatic nitrogens is 2. The van der Waals surface area contributed by atoms with Gasteiger partial charge in [-0.05, 0) is 26.2 Å². The maximum absolute atomic E-state index is 10.5. The third kappa shape index (κ3) is 8.81. The van der Waals surface area contributed by atoms with Crippen molar-refractivity contribution in [3.8, 4) is 11.4 Å². The zero-order chi connectivity index (χ0) is 18.5. The van der Waals surface area contributed by atoms with E-state index in [1.165, 1.54) is 11.6 Å². The molecule has 0 N–H and O–H groups in total. The summed E-state index contributed by atoms with van der Waals surface area (Å²) in [5, 5.41) is 3.83. The Hall–Kier alpha value is -2.47. The zero-order valence-corrected chi connectivity index (χ0v) is 15.2. The summed E-state index contributed by atoms with van der Waals surface area (Å²) in [6.07, 6.45) is 4.11. The van der Waals surface area contributed by atoms with Gasteiger partial charge in [0.15, 0.2) is 0 Å². The first-order valence-corrected chi connectivity index (χ1v) is 8.22. The second-order valence-electron chi connectivity index (χ2n) is 5.43. The van der Waals surface area contributed by atoms with Gasteiger partial charge in [-0.25, -0.2) is 4.79 Å². The molecule has 136 valence electrons. The van der Waals surface area contributed by atoms with Gasteiger partial charge in [0.2, 0.25) is 11.7 Å². The van der Waals surface area contributed by atoms with Gasteiger partial charge in [-0.3, -0.25) is 0 Å². The van der Waals surface area contributed by atoms with E-state index in [4.69, 9.17) is 14.0 Å². The Balaban J connectivity index is 0.000000252. The quantitative estimate of drug-likeness (QED) is 0.410. The van der Waals surface area contributed by atoms with Crippen LogP contribution in [-0.2, 0) is 14.3 Å². The highest BCUT2D eigenvalue weighted by atomic mass is 16.5. The molecule has 0 aliphatic rings. The zero-order valence-electron chi connectivity index (χ0n) is 15.2. The van der Waals surface area contributed by atoms with Gasteiger partial charge < -0.3 is 14.0 Å². The molecule has 0 fully saturated rings. The molecule has 0 bridgehead atoms. The predicted octanol–water partition coefficient (Wildman–Crippen LogP) is 3.89. The van der Waals surface area contributed by atoms with Gasteiger partial charge in [-0.2, -0.15) is 4.98 Å². The van der Waals surface area contributed by atoms with Crippen LogP contribution < -0.4 is 0 Å². The lowest BCUT2D eigenvalue weighted by Gasteiger charge is -2.01. The molecular formula is C19H26N2O4. The molecule has 0 unspecified atom stereocenters. The Bertz CT molecular complexity index is 635. The van der Waals surface area contributed by atoms with Crippen LogP contribution in [0.15, 0.2) is 41.4 Å². The number of hydrogen-bond acceptors (Lipinski definition) is 6. The molecule has 0 spiro atoms. The summed E-state index contributed by atoms with van der Waals surface area (Å²) < 4.78 is 14.5. The van der Waals surface area contributed by atoms with Gasteiger partial charge >= 0.3 is 5.97 Å². The number of unbranched alkanes of at least 4 members (excludes halogenated alkanes) is 2. The number of benzene rings is 1. The molecule has 0 radical (unpaired) electrons. The highest BCUT2D eigenvalue weighted by Crippen LogP contribution is 2.15. The van der Waals surface area contributed by atoms with Crippen LogP contribution in [-0.4, -0.2) is 36.4 Å². The minimum atomic E-state index is -0.346. The van der Waals surface area contributed by atoms with Crippen LogP contribution >= 0.6 is 0 Å². The number of ether oxygens (including phenoxy) is 2. The molecule has 1 aromatic carbocycles. The summed E-state index contributed by atoms with van der Waals surface area (Å²) in [4.78, 5) is 14.7. The number of hydrogen-bond donors (Lipinski definition) is 0. The second kappa shape index (κ2) is 12.0. The Morgan fingerprint density at radius 1 is 1.16 bits per heavy atom. The first kappa shape index (κ1) is 20.6. The van der Waals surface area contributed by atoms with Crippen molar-refractivity contribution in [2.24, 2.45) is 0 Å². The van der Waals surface area contributed by atoms with Crippen molar-refractivity contribution in [1.82, 2.24) is 10.1 Å². The summed E-state index contributed by atoms with van der Waals surface area (Å²) in [5.74, 6) is 0.898. The summed E-state index contributed by atoms with van der Waals surface area (Å²) in [7, 11) is 1.68. The molecule has 0 aliphatic carbocycles. The van der Waals surface area contributed by atoms with E-state index in [9.17, 15) is 4.79 Å². The van der Waals surface area contributed by atoms with Crippen molar-refractivity contribution in [2.75, 3.05) is 20.3 Å². The fourth-order valence-corrected chi connectivity index (χ4v) is 1.88. The Kier molecular flexibility index (Phi) is 9.85. The molecule has 0 saturated carbocycles. The molecule has 2 rings (SSSR count). The summed E-state index contributed by atoms with van der Waals surface area (Å²) in [6, 6.07) is 8.03. The fraction of sp³-hybridized carbons (Fsp3) is 0.421. The van der Waals surface area contributed by atoms with Crippen LogP contribution in [0, 0.1) is 13.8 Å². The Morgan fingerprint density at radius 3 is 2.40 bits per heavy atom. The van der Waals surface area contributed by atoms with Crippen molar-refractivity contribution in [3.05, 3.63) is 48.4 Å². The number of rotatable bonds is 8. The van der Waals surface area contributed by atoms with Gasteiger partial charge in [0.05, 0.1) is 6.61 Å². The van der Waals surface area contributed by atoms with E-state index in [1.54, 1.807) is 14.0 Å². The van der Waals surface area contributed by atoms with Crippen molar-refractivity contribution < 1.29 is 18.8 Å². The number of carbonyl (C=O) groups is 1. The number of nitrogens with zero attached hydrogens (tertiary/aromatic N) is 2.